The van der Waals surface area contributed by atoms with E-state index in [1.807, 2.05) is 0 Å². The minimum Gasteiger partial charge on any atom is -0.462 e. The summed E-state index contributed by atoms with van der Waals surface area (Å²) in [5.74, 6) is -1.30. The molecule has 0 aliphatic rings. The Morgan fingerprint density at radius 3 is 2.29 bits per heavy atom. The molecule has 0 saturated carbocycles. The van der Waals surface area contributed by atoms with Gasteiger partial charge in [0.25, 0.3) is 11.1 Å². The van der Waals surface area contributed by atoms with E-state index in [-0.39, 0.29) is 39.4 Å². The van der Waals surface area contributed by atoms with Crippen LogP contribution in [-0.4, -0.2) is 34.9 Å². The monoisotopic (exact) mass is 402 g/mol. The Morgan fingerprint density at radius 1 is 1.04 bits per heavy atom. The first-order valence-electron chi connectivity index (χ1n) is 8.62. The van der Waals surface area contributed by atoms with Crippen LogP contribution < -0.4 is 11.1 Å². The van der Waals surface area contributed by atoms with Crippen molar-refractivity contribution in [3.63, 3.8) is 0 Å². The number of hydrogen-bond acceptors (Lipinski definition) is 7. The Hall–Kier alpha value is -3.20. The number of thiophene rings is 1. The molecular formula is C19H18N2O6S. The molecule has 0 radical (unpaired) electrons. The van der Waals surface area contributed by atoms with Crippen molar-refractivity contribution in [2.45, 2.75) is 20.8 Å². The molecule has 2 aromatic heterocycles. The second-order valence-corrected chi connectivity index (χ2v) is 6.80. The van der Waals surface area contributed by atoms with E-state index >= 15 is 0 Å². The van der Waals surface area contributed by atoms with Crippen molar-refractivity contribution in [2.24, 2.45) is 0 Å². The van der Waals surface area contributed by atoms with Crippen molar-refractivity contribution >= 4 is 34.0 Å². The largest absolute Gasteiger partial charge is 0.462 e. The third-order valence-electron chi connectivity index (χ3n) is 4.09. The Morgan fingerprint density at radius 2 is 1.64 bits per heavy atom. The number of aromatic nitrogens is 2. The second-order valence-electron chi connectivity index (χ2n) is 5.80. The number of nitrogens with one attached hydrogen (secondary N) is 1. The molecule has 0 amide bonds. The normalized spacial score (nSPS) is 10.8. The molecule has 28 heavy (non-hydrogen) atoms. The highest BCUT2D eigenvalue weighted by molar-refractivity contribution is 7.17. The van der Waals surface area contributed by atoms with Crippen molar-refractivity contribution < 1.29 is 19.1 Å². The van der Waals surface area contributed by atoms with Crippen molar-refractivity contribution in [1.82, 2.24) is 9.78 Å². The number of aromatic amines is 1. The van der Waals surface area contributed by atoms with Crippen molar-refractivity contribution in [3.8, 4) is 5.00 Å². The summed E-state index contributed by atoms with van der Waals surface area (Å²) >= 11 is 0.890. The molecule has 0 saturated heterocycles. The van der Waals surface area contributed by atoms with E-state index in [4.69, 9.17) is 9.47 Å². The van der Waals surface area contributed by atoms with Crippen molar-refractivity contribution in [1.29, 1.82) is 0 Å². The molecule has 0 fully saturated rings. The Bertz CT molecular complexity index is 1190. The first-order chi connectivity index (χ1) is 13.4. The third-order valence-corrected chi connectivity index (χ3v) is 5.35. The van der Waals surface area contributed by atoms with Crippen LogP contribution >= 0.6 is 11.3 Å². The second kappa shape index (κ2) is 7.81. The Labute approximate surface area is 163 Å². The molecular weight excluding hydrogens is 384 g/mol. The van der Waals surface area contributed by atoms with Crippen LogP contribution in [0.4, 0.5) is 0 Å². The topological polar surface area (TPSA) is 107 Å². The van der Waals surface area contributed by atoms with Crippen molar-refractivity contribution in [2.75, 3.05) is 13.2 Å². The predicted molar refractivity (Wildman–Crippen MR) is 105 cm³/mol. The number of esters is 2. The maximum absolute atomic E-state index is 13.0. The molecule has 0 bridgehead atoms. The van der Waals surface area contributed by atoms with Crippen LogP contribution in [-0.2, 0) is 9.47 Å². The van der Waals surface area contributed by atoms with Gasteiger partial charge in [-0.2, -0.15) is 0 Å². The molecule has 2 heterocycles. The van der Waals surface area contributed by atoms with Crippen LogP contribution in [0.25, 0.3) is 15.8 Å². The Balaban J connectivity index is 2.34. The number of benzene rings is 1. The summed E-state index contributed by atoms with van der Waals surface area (Å²) in [6.45, 7) is 5.16. The van der Waals surface area contributed by atoms with Crippen LogP contribution in [0.1, 0.15) is 39.4 Å². The first kappa shape index (κ1) is 19.6. The number of H-pyrrole nitrogens is 1. The fraction of sp³-hybridized carbons (Fsp3) is 0.263. The summed E-state index contributed by atoms with van der Waals surface area (Å²) in [4.78, 5) is 50.4. The Kier molecular flexibility index (Phi) is 5.46. The summed E-state index contributed by atoms with van der Waals surface area (Å²) in [6, 6.07) is 6.36. The zero-order chi connectivity index (χ0) is 20.4. The molecule has 0 atom stereocenters. The molecule has 0 aliphatic heterocycles. The standard InChI is InChI=1S/C19H18N2O6S/c1-4-26-18(24)13-10(3)14(19(25)27-5-2)28-17(13)21-16(23)12-9-7-6-8-11(12)15(22)20-21/h6-9H,4-5H2,1-3H3,(H,20,22). The summed E-state index contributed by atoms with van der Waals surface area (Å²) < 4.78 is 11.1. The zero-order valence-electron chi connectivity index (χ0n) is 15.5. The minimum atomic E-state index is -0.692. The molecule has 1 aromatic carbocycles. The number of fused-ring (bicyclic) bond motifs is 1. The number of carbonyl (C=O) groups is 2. The first-order valence-corrected chi connectivity index (χ1v) is 9.44. The van der Waals surface area contributed by atoms with E-state index in [2.05, 4.69) is 5.10 Å². The van der Waals surface area contributed by atoms with Gasteiger partial charge < -0.3 is 9.47 Å². The van der Waals surface area contributed by atoms with Gasteiger partial charge in [-0.15, -0.1) is 11.3 Å². The van der Waals surface area contributed by atoms with Crippen LogP contribution in [0.3, 0.4) is 0 Å². The van der Waals surface area contributed by atoms with Gasteiger partial charge in [0.15, 0.2) is 0 Å². The van der Waals surface area contributed by atoms with E-state index < -0.39 is 23.1 Å². The molecule has 146 valence electrons. The highest BCUT2D eigenvalue weighted by Gasteiger charge is 2.28. The number of ether oxygens (including phenoxy) is 2. The highest BCUT2D eigenvalue weighted by atomic mass is 32.1. The molecule has 3 aromatic rings. The van der Waals surface area contributed by atoms with Gasteiger partial charge in [0, 0.05) is 0 Å². The highest BCUT2D eigenvalue weighted by Crippen LogP contribution is 2.31. The quantitative estimate of drug-likeness (QED) is 0.657. The summed E-state index contributed by atoms with van der Waals surface area (Å²) in [5, 5.41) is 3.02. The molecule has 0 aliphatic carbocycles. The van der Waals surface area contributed by atoms with E-state index in [0.717, 1.165) is 16.0 Å². The average Bonchev–Trinajstić information content (AvgIpc) is 3.02. The van der Waals surface area contributed by atoms with E-state index in [1.54, 1.807) is 32.9 Å². The maximum atomic E-state index is 13.0. The molecule has 8 nitrogen and oxygen atoms in total. The summed E-state index contributed by atoms with van der Waals surface area (Å²) in [5.41, 5.74) is -0.633. The predicted octanol–water partition coefficient (Wildman–Crippen LogP) is 2.40. The van der Waals surface area contributed by atoms with Gasteiger partial charge in [-0.1, -0.05) is 12.1 Å². The van der Waals surface area contributed by atoms with Crippen LogP contribution in [0.15, 0.2) is 33.9 Å². The fourth-order valence-corrected chi connectivity index (χ4v) is 3.98. The maximum Gasteiger partial charge on any atom is 0.348 e. The average molecular weight is 402 g/mol. The number of rotatable bonds is 5. The van der Waals surface area contributed by atoms with Crippen LogP contribution in [0, 0.1) is 6.92 Å². The molecule has 0 spiro atoms. The molecule has 9 heteroatoms. The number of carbonyl (C=O) groups excluding carboxylic acids is 2. The van der Waals surface area contributed by atoms with E-state index in [1.165, 1.54) is 12.1 Å². The molecule has 1 N–H and O–H groups in total. The fourth-order valence-electron chi connectivity index (χ4n) is 2.83. The van der Waals surface area contributed by atoms with Crippen LogP contribution in [0.2, 0.25) is 0 Å². The smallest absolute Gasteiger partial charge is 0.348 e. The van der Waals surface area contributed by atoms with Gasteiger partial charge in [-0.05, 0) is 38.5 Å². The van der Waals surface area contributed by atoms with E-state index in [9.17, 15) is 19.2 Å². The summed E-state index contributed by atoms with van der Waals surface area (Å²) in [6.07, 6.45) is 0. The lowest BCUT2D eigenvalue weighted by Crippen LogP contribution is -2.29. The van der Waals surface area contributed by atoms with Gasteiger partial charge in [-0.3, -0.25) is 14.7 Å². The number of nitrogens with zero attached hydrogens (tertiary/aromatic N) is 1. The SMILES string of the molecule is CCOC(=O)c1sc(-n2[nH]c(=O)c3ccccc3c2=O)c(C(=O)OCC)c1C. The lowest BCUT2D eigenvalue weighted by atomic mass is 10.1. The minimum absolute atomic E-state index is 0.0444. The van der Waals surface area contributed by atoms with Crippen molar-refractivity contribution in [3.05, 3.63) is 61.0 Å². The third kappa shape index (κ3) is 3.24. The lowest BCUT2D eigenvalue weighted by Gasteiger charge is -2.08. The van der Waals surface area contributed by atoms with Gasteiger partial charge in [0.1, 0.15) is 15.4 Å². The van der Waals surface area contributed by atoms with Gasteiger partial charge in [0.2, 0.25) is 0 Å². The number of hydrogen-bond donors (Lipinski definition) is 1. The molecule has 3 rings (SSSR count). The zero-order valence-corrected chi connectivity index (χ0v) is 16.3. The van der Waals surface area contributed by atoms with E-state index in [0.29, 0.717) is 5.56 Å². The lowest BCUT2D eigenvalue weighted by molar-refractivity contribution is 0.0526. The summed E-state index contributed by atoms with van der Waals surface area (Å²) in [7, 11) is 0. The van der Waals surface area contributed by atoms with Gasteiger partial charge in [-0.25, -0.2) is 14.3 Å². The van der Waals surface area contributed by atoms with Crippen LogP contribution in [0.5, 0.6) is 0 Å². The molecule has 0 unspecified atom stereocenters. The van der Waals surface area contributed by atoms with Gasteiger partial charge >= 0.3 is 11.9 Å². The van der Waals surface area contributed by atoms with Gasteiger partial charge in [0.05, 0.1) is 24.0 Å².